The highest BCUT2D eigenvalue weighted by Crippen LogP contribution is 2.31. The Balaban J connectivity index is 1.93. The summed E-state index contributed by atoms with van der Waals surface area (Å²) in [6, 6.07) is 12.1. The summed E-state index contributed by atoms with van der Waals surface area (Å²) in [4.78, 5) is 4.51. The van der Waals surface area contributed by atoms with Crippen molar-refractivity contribution >= 4 is 11.0 Å². The van der Waals surface area contributed by atoms with Gasteiger partial charge in [0.15, 0.2) is 0 Å². The van der Waals surface area contributed by atoms with Gasteiger partial charge in [-0.15, -0.1) is 0 Å². The van der Waals surface area contributed by atoms with E-state index >= 15 is 0 Å². The normalized spacial score (nSPS) is 13.3. The molecule has 0 radical (unpaired) electrons. The molecule has 3 aromatic rings. The van der Waals surface area contributed by atoms with E-state index in [0.29, 0.717) is 18.7 Å². The van der Waals surface area contributed by atoms with Crippen molar-refractivity contribution in [1.82, 2.24) is 9.55 Å². The van der Waals surface area contributed by atoms with Gasteiger partial charge < -0.3 is 14.8 Å². The number of aliphatic hydroxyl groups is 2. The number of benzene rings is 2. The lowest BCUT2D eigenvalue weighted by Gasteiger charge is -2.16. The van der Waals surface area contributed by atoms with E-state index in [1.807, 2.05) is 24.3 Å². The average molecular weight is 364 g/mol. The molecule has 0 saturated heterocycles. The SMILES string of the molecule is OCCCc1nc2ccccc2n1C[C@@H](O)c1cccc(C(F)(F)F)c1. The molecular formula is C19H19F3N2O2. The van der Waals surface area contributed by atoms with E-state index in [0.717, 1.165) is 23.2 Å². The highest BCUT2D eigenvalue weighted by molar-refractivity contribution is 5.75. The molecular weight excluding hydrogens is 345 g/mol. The van der Waals surface area contributed by atoms with Crippen LogP contribution in [0.1, 0.15) is 29.5 Å². The molecule has 138 valence electrons. The van der Waals surface area contributed by atoms with E-state index in [1.54, 1.807) is 4.57 Å². The van der Waals surface area contributed by atoms with E-state index in [9.17, 15) is 18.3 Å². The number of alkyl halides is 3. The number of aryl methyl sites for hydroxylation is 1. The van der Waals surface area contributed by atoms with Gasteiger partial charge in [0.1, 0.15) is 5.82 Å². The van der Waals surface area contributed by atoms with E-state index < -0.39 is 17.8 Å². The van der Waals surface area contributed by atoms with E-state index in [-0.39, 0.29) is 18.7 Å². The van der Waals surface area contributed by atoms with Crippen LogP contribution in [-0.4, -0.2) is 26.4 Å². The number of hydrogen-bond acceptors (Lipinski definition) is 3. The number of para-hydroxylation sites is 2. The van der Waals surface area contributed by atoms with Crippen LogP contribution in [0.4, 0.5) is 13.2 Å². The summed E-state index contributed by atoms with van der Waals surface area (Å²) < 4.78 is 40.5. The van der Waals surface area contributed by atoms with Crippen LogP contribution in [0, 0.1) is 0 Å². The Hall–Kier alpha value is -2.38. The zero-order chi connectivity index (χ0) is 18.7. The van der Waals surface area contributed by atoms with Gasteiger partial charge in [-0.3, -0.25) is 0 Å². The summed E-state index contributed by atoms with van der Waals surface area (Å²) in [5.41, 5.74) is 0.957. The minimum Gasteiger partial charge on any atom is -0.396 e. The molecule has 0 aliphatic heterocycles. The number of halogens is 3. The maximum absolute atomic E-state index is 12.9. The van der Waals surface area contributed by atoms with Gasteiger partial charge in [-0.05, 0) is 36.2 Å². The number of aromatic nitrogens is 2. The summed E-state index contributed by atoms with van der Waals surface area (Å²) in [5, 5.41) is 19.6. The van der Waals surface area contributed by atoms with Gasteiger partial charge in [-0.25, -0.2) is 4.98 Å². The molecule has 1 aromatic heterocycles. The van der Waals surface area contributed by atoms with Crippen LogP contribution in [0.25, 0.3) is 11.0 Å². The second kappa shape index (κ2) is 7.47. The highest BCUT2D eigenvalue weighted by atomic mass is 19.4. The van der Waals surface area contributed by atoms with Crippen molar-refractivity contribution < 1.29 is 23.4 Å². The minimum absolute atomic E-state index is 0.0133. The number of aliphatic hydroxyl groups excluding tert-OH is 2. The smallest absolute Gasteiger partial charge is 0.396 e. The van der Waals surface area contributed by atoms with Crippen molar-refractivity contribution in [3.05, 3.63) is 65.5 Å². The quantitative estimate of drug-likeness (QED) is 0.701. The second-order valence-electron chi connectivity index (χ2n) is 6.09. The van der Waals surface area contributed by atoms with Crippen LogP contribution in [-0.2, 0) is 19.1 Å². The van der Waals surface area contributed by atoms with Crippen LogP contribution < -0.4 is 0 Å². The topological polar surface area (TPSA) is 58.3 Å². The molecule has 0 amide bonds. The first kappa shape index (κ1) is 18.4. The Morgan fingerprint density at radius 3 is 2.58 bits per heavy atom. The van der Waals surface area contributed by atoms with Crippen LogP contribution in [0.2, 0.25) is 0 Å². The fraction of sp³-hybridized carbons (Fsp3) is 0.316. The summed E-state index contributed by atoms with van der Waals surface area (Å²) in [7, 11) is 0. The monoisotopic (exact) mass is 364 g/mol. The van der Waals surface area contributed by atoms with E-state index in [4.69, 9.17) is 5.11 Å². The second-order valence-corrected chi connectivity index (χ2v) is 6.09. The number of rotatable bonds is 6. The van der Waals surface area contributed by atoms with Crippen molar-refractivity contribution in [2.75, 3.05) is 6.61 Å². The lowest BCUT2D eigenvalue weighted by Crippen LogP contribution is -2.13. The molecule has 0 aliphatic rings. The van der Waals surface area contributed by atoms with Crippen molar-refractivity contribution in [2.24, 2.45) is 0 Å². The Labute approximate surface area is 148 Å². The maximum Gasteiger partial charge on any atom is 0.416 e. The molecule has 0 unspecified atom stereocenters. The Morgan fingerprint density at radius 2 is 1.85 bits per heavy atom. The lowest BCUT2D eigenvalue weighted by atomic mass is 10.1. The molecule has 2 aromatic carbocycles. The first-order valence-electron chi connectivity index (χ1n) is 8.30. The standard InChI is InChI=1S/C19H19F3N2O2/c20-19(21,22)14-6-3-5-13(11-14)17(26)12-24-16-8-2-1-7-15(16)23-18(24)9-4-10-25/h1-3,5-8,11,17,25-26H,4,9-10,12H2/t17-/m1/s1. The molecule has 26 heavy (non-hydrogen) atoms. The molecule has 2 N–H and O–H groups in total. The van der Waals surface area contributed by atoms with Gasteiger partial charge in [0.05, 0.1) is 29.2 Å². The Morgan fingerprint density at radius 1 is 1.08 bits per heavy atom. The first-order valence-corrected chi connectivity index (χ1v) is 8.30. The number of imidazole rings is 1. The third kappa shape index (κ3) is 3.89. The number of fused-ring (bicyclic) bond motifs is 1. The van der Waals surface area contributed by atoms with Gasteiger partial charge in [0.2, 0.25) is 0 Å². The summed E-state index contributed by atoms with van der Waals surface area (Å²) in [6.45, 7) is 0.0992. The van der Waals surface area contributed by atoms with Crippen molar-refractivity contribution in [2.45, 2.75) is 31.7 Å². The van der Waals surface area contributed by atoms with Crippen molar-refractivity contribution in [3.8, 4) is 0 Å². The zero-order valence-corrected chi connectivity index (χ0v) is 13.9. The molecule has 0 bridgehead atoms. The first-order chi connectivity index (χ1) is 12.4. The van der Waals surface area contributed by atoms with Crippen LogP contribution >= 0.6 is 0 Å². The zero-order valence-electron chi connectivity index (χ0n) is 13.9. The Kier molecular flexibility index (Phi) is 5.29. The molecule has 0 spiro atoms. The van der Waals surface area contributed by atoms with Gasteiger partial charge in [0.25, 0.3) is 0 Å². The third-order valence-corrected chi connectivity index (χ3v) is 4.25. The molecule has 0 aliphatic carbocycles. The summed E-state index contributed by atoms with van der Waals surface area (Å²) >= 11 is 0. The van der Waals surface area contributed by atoms with Crippen LogP contribution in [0.15, 0.2) is 48.5 Å². The van der Waals surface area contributed by atoms with Crippen LogP contribution in [0.5, 0.6) is 0 Å². The number of nitrogens with zero attached hydrogens (tertiary/aromatic N) is 2. The number of hydrogen-bond donors (Lipinski definition) is 2. The minimum atomic E-state index is -4.45. The van der Waals surface area contributed by atoms with E-state index in [1.165, 1.54) is 12.1 Å². The average Bonchev–Trinajstić information content (AvgIpc) is 2.97. The molecule has 3 rings (SSSR count). The highest BCUT2D eigenvalue weighted by Gasteiger charge is 2.31. The largest absolute Gasteiger partial charge is 0.416 e. The van der Waals surface area contributed by atoms with E-state index in [2.05, 4.69) is 4.98 Å². The predicted octanol–water partition coefficient (Wildman–Crippen LogP) is 3.71. The molecule has 7 heteroatoms. The van der Waals surface area contributed by atoms with Gasteiger partial charge in [-0.2, -0.15) is 13.2 Å². The van der Waals surface area contributed by atoms with Crippen LogP contribution in [0.3, 0.4) is 0 Å². The van der Waals surface area contributed by atoms with Gasteiger partial charge in [0, 0.05) is 13.0 Å². The molecule has 1 atom stereocenters. The molecule has 4 nitrogen and oxygen atoms in total. The van der Waals surface area contributed by atoms with Gasteiger partial charge in [-0.1, -0.05) is 24.3 Å². The summed E-state index contributed by atoms with van der Waals surface area (Å²) in [5.74, 6) is 0.686. The fourth-order valence-electron chi connectivity index (χ4n) is 2.96. The predicted molar refractivity (Wildman–Crippen MR) is 91.5 cm³/mol. The third-order valence-electron chi connectivity index (χ3n) is 4.25. The lowest BCUT2D eigenvalue weighted by molar-refractivity contribution is -0.137. The van der Waals surface area contributed by atoms with Crippen molar-refractivity contribution in [3.63, 3.8) is 0 Å². The maximum atomic E-state index is 12.9. The molecule has 0 fully saturated rings. The Bertz CT molecular complexity index is 890. The summed E-state index contributed by atoms with van der Waals surface area (Å²) in [6.07, 6.45) is -4.53. The molecule has 1 heterocycles. The van der Waals surface area contributed by atoms with Crippen molar-refractivity contribution in [1.29, 1.82) is 0 Å². The molecule has 0 saturated carbocycles. The fourth-order valence-corrected chi connectivity index (χ4v) is 2.96. The van der Waals surface area contributed by atoms with Gasteiger partial charge >= 0.3 is 6.18 Å².